The van der Waals surface area contributed by atoms with Crippen LogP contribution in [0.2, 0.25) is 0 Å². The Balaban J connectivity index is 0.00000711. The van der Waals surface area contributed by atoms with Crippen molar-refractivity contribution in [2.24, 2.45) is 0 Å². The van der Waals surface area contributed by atoms with Gasteiger partial charge in [0.1, 0.15) is 11.4 Å². The molecule has 0 radical (unpaired) electrons. The second-order valence-electron chi connectivity index (χ2n) is 13.6. The van der Waals surface area contributed by atoms with Gasteiger partial charge in [0.2, 0.25) is 0 Å². The third-order valence-electron chi connectivity index (χ3n) is 9.63. The van der Waals surface area contributed by atoms with Gasteiger partial charge in [-0.25, -0.2) is 4.39 Å². The van der Waals surface area contributed by atoms with Crippen molar-refractivity contribution < 1.29 is 48.1 Å². The molecule has 5 aromatic carbocycles. The predicted octanol–water partition coefficient (Wildman–Crippen LogP) is 12.3. The van der Waals surface area contributed by atoms with Crippen LogP contribution in [0.15, 0.2) is 144 Å². The minimum Gasteiger partial charge on any atom is -0.500 e. The van der Waals surface area contributed by atoms with Gasteiger partial charge in [0.15, 0.2) is 0 Å². The van der Waals surface area contributed by atoms with Crippen molar-refractivity contribution in [3.63, 3.8) is 0 Å². The molecular formula is C53H41FIrN3O. The Labute approximate surface area is 378 Å². The van der Waals surface area contributed by atoms with Crippen LogP contribution in [-0.2, 0) is 58.5 Å². The summed E-state index contributed by atoms with van der Waals surface area (Å²) in [7, 11) is 0. The van der Waals surface area contributed by atoms with Gasteiger partial charge in [0.05, 0.1) is 8.32 Å². The molecule has 9 rings (SSSR count). The number of furan rings is 1. The van der Waals surface area contributed by atoms with Crippen molar-refractivity contribution in [3.05, 3.63) is 208 Å². The van der Waals surface area contributed by atoms with Gasteiger partial charge in [-0.15, -0.1) is 90.0 Å². The Morgan fingerprint density at radius 1 is 0.627 bits per heavy atom. The fraction of sp³-hybridized carbons (Fsp3) is 0.151. The van der Waals surface area contributed by atoms with E-state index < -0.39 is 63.6 Å². The van der Waals surface area contributed by atoms with E-state index in [9.17, 15) is 12.6 Å². The Bertz CT molecular complexity index is 3360. The second kappa shape index (κ2) is 17.8. The average molecular weight is 961 g/mol. The monoisotopic (exact) mass is 961 g/mol. The van der Waals surface area contributed by atoms with Crippen LogP contribution >= 0.6 is 0 Å². The number of aryl methyl sites for hydroxylation is 8. The molecule has 0 atom stereocenters. The van der Waals surface area contributed by atoms with Crippen molar-refractivity contribution >= 4 is 21.9 Å². The van der Waals surface area contributed by atoms with Gasteiger partial charge in [0, 0.05) is 46.5 Å². The first-order valence-electron chi connectivity index (χ1n) is 25.5. The average Bonchev–Trinajstić information content (AvgIpc) is 3.71. The molecule has 0 fully saturated rings. The van der Waals surface area contributed by atoms with Gasteiger partial charge < -0.3 is 19.4 Å². The van der Waals surface area contributed by atoms with Gasteiger partial charge in [-0.1, -0.05) is 64.5 Å². The number of pyridine rings is 3. The summed E-state index contributed by atoms with van der Waals surface area (Å²) in [6.07, 6.45) is -4.39. The molecule has 4 aromatic heterocycles. The number of halogens is 1. The van der Waals surface area contributed by atoms with E-state index in [0.29, 0.717) is 38.7 Å². The molecule has 0 N–H and O–H groups in total. The quantitative estimate of drug-likeness (QED) is 0.115. The maximum absolute atomic E-state index is 14.5. The SMILES string of the molecule is [2H]c1cc2c(oc3c(-c4ccc(C([2H])([2H])Cc5cc(CC([2H])([2H])c6cnc(-c7[c-]cccc7)cc6C([2H])([2H])[2H])cc(CC([2H])([2H])c6cnc(-c7[c-]cccc7)cc6C([2H])([2H])[2H])c5)cn4)[c-]ccc32)c([2H])c1F.[Ir+3]. The molecule has 0 aliphatic heterocycles. The fourth-order valence-corrected chi connectivity index (χ4v) is 6.76. The summed E-state index contributed by atoms with van der Waals surface area (Å²) in [5, 5.41) is 0.879. The molecule has 0 saturated heterocycles. The number of benzene rings is 5. The number of nitrogens with zero attached hydrogens (tertiary/aromatic N) is 3. The van der Waals surface area contributed by atoms with E-state index in [0.717, 1.165) is 0 Å². The third kappa shape index (κ3) is 9.00. The Morgan fingerprint density at radius 2 is 1.24 bits per heavy atom. The van der Waals surface area contributed by atoms with Crippen LogP contribution < -0.4 is 0 Å². The zero-order chi connectivity index (χ0) is 51.5. The van der Waals surface area contributed by atoms with Gasteiger partial charge >= 0.3 is 20.1 Å². The predicted molar refractivity (Wildman–Crippen MR) is 231 cm³/mol. The van der Waals surface area contributed by atoms with Gasteiger partial charge in [-0.2, -0.15) is 0 Å². The molecule has 4 nitrogen and oxygen atoms in total. The Hall–Kier alpha value is -6.07. The van der Waals surface area contributed by atoms with E-state index in [1.807, 2.05) is 0 Å². The molecule has 0 saturated carbocycles. The summed E-state index contributed by atoms with van der Waals surface area (Å²) in [5.74, 6) is -1.02. The van der Waals surface area contributed by atoms with E-state index in [2.05, 4.69) is 33.2 Å². The van der Waals surface area contributed by atoms with E-state index in [4.69, 9.17) is 15.4 Å². The molecule has 6 heteroatoms. The summed E-state index contributed by atoms with van der Waals surface area (Å²) >= 11 is 0. The van der Waals surface area contributed by atoms with Gasteiger partial charge in [-0.3, -0.25) is 0 Å². The molecule has 0 amide bonds. The maximum atomic E-state index is 14.5. The van der Waals surface area contributed by atoms with Crippen molar-refractivity contribution in [2.45, 2.75) is 52.1 Å². The molecule has 0 bridgehead atoms. The molecule has 59 heavy (non-hydrogen) atoms. The minimum absolute atomic E-state index is 0. The van der Waals surface area contributed by atoms with Gasteiger partial charge in [-0.05, 0) is 115 Å². The summed E-state index contributed by atoms with van der Waals surface area (Å²) in [6.45, 7) is -5.51. The second-order valence-corrected chi connectivity index (χ2v) is 13.6. The van der Waals surface area contributed by atoms with Crippen LogP contribution in [0.1, 0.15) is 63.7 Å². The van der Waals surface area contributed by atoms with Crippen molar-refractivity contribution in [1.29, 1.82) is 0 Å². The van der Waals surface area contributed by atoms with Crippen LogP contribution in [-0.4, -0.2) is 15.0 Å². The van der Waals surface area contributed by atoms with Crippen LogP contribution in [0, 0.1) is 37.7 Å². The van der Waals surface area contributed by atoms with Gasteiger partial charge in [0.25, 0.3) is 0 Å². The first kappa shape index (κ1) is 26.1. The number of hydrogen-bond donors (Lipinski definition) is 0. The molecule has 0 aliphatic carbocycles. The topological polar surface area (TPSA) is 51.8 Å². The van der Waals surface area contributed by atoms with E-state index in [1.54, 1.807) is 84.9 Å². The summed E-state index contributed by atoms with van der Waals surface area (Å²) in [5.41, 5.74) is 2.58. The molecule has 0 spiro atoms. The van der Waals surface area contributed by atoms with E-state index in [-0.39, 0.29) is 88.0 Å². The van der Waals surface area contributed by atoms with Crippen LogP contribution in [0.3, 0.4) is 0 Å². The van der Waals surface area contributed by atoms with E-state index >= 15 is 0 Å². The fourth-order valence-electron chi connectivity index (χ4n) is 6.76. The number of rotatable bonds is 12. The van der Waals surface area contributed by atoms with Crippen LogP contribution in [0.5, 0.6) is 0 Å². The molecule has 0 aliphatic rings. The molecule has 290 valence electrons. The molecular weight excluding hydrogens is 906 g/mol. The number of aromatic nitrogens is 3. The standard InChI is InChI=1S/C53H41FN3O.Ir/c1-35-26-50(41-10-5-3-6-11-41)56-33-43(35)21-18-39-28-38(29-40(30-39)19-22-44-34-57-51(27-36(44)2)42-12-7-4-8-13-42)17-16-37-20-25-49(55-32-37)48-15-9-14-47-46-24-23-45(54)31-52(46)58-53(47)48;/h3-10,12,14,20,23-34H,16-19,21-22H2,1-2H3;/q-3;+3/i1D3,2D3,16D2,21D2,22D2,23D,31D;. The zero-order valence-corrected chi connectivity index (χ0v) is 33.6. The summed E-state index contributed by atoms with van der Waals surface area (Å²) in [6, 6.07) is 36.8. The summed E-state index contributed by atoms with van der Waals surface area (Å²) in [4.78, 5) is 13.4. The normalized spacial score (nSPS) is 15.9. The Morgan fingerprint density at radius 3 is 1.80 bits per heavy atom. The molecule has 4 heterocycles. The van der Waals surface area contributed by atoms with Crippen molar-refractivity contribution in [1.82, 2.24) is 15.0 Å². The molecule has 0 unspecified atom stereocenters. The first-order valence-corrected chi connectivity index (χ1v) is 18.5. The largest absolute Gasteiger partial charge is 3.00 e. The number of hydrogen-bond acceptors (Lipinski definition) is 4. The van der Waals surface area contributed by atoms with Crippen molar-refractivity contribution in [3.8, 4) is 33.8 Å². The van der Waals surface area contributed by atoms with Crippen LogP contribution in [0.25, 0.3) is 55.7 Å². The third-order valence-corrected chi connectivity index (χ3v) is 9.63. The molecule has 9 aromatic rings. The smallest absolute Gasteiger partial charge is 0.500 e. The van der Waals surface area contributed by atoms with Crippen LogP contribution in [0.4, 0.5) is 4.39 Å². The first-order chi connectivity index (χ1) is 33.9. The Kier molecular flexibility index (Phi) is 7.89. The summed E-state index contributed by atoms with van der Waals surface area (Å²) < 4.78 is 143. The van der Waals surface area contributed by atoms with Crippen molar-refractivity contribution in [2.75, 3.05) is 0 Å². The zero-order valence-electron chi connectivity index (χ0n) is 45.2. The number of fused-ring (bicyclic) bond motifs is 3. The minimum atomic E-state index is -2.76. The maximum Gasteiger partial charge on any atom is 3.00 e. The van der Waals surface area contributed by atoms with E-state index in [1.165, 1.54) is 42.9 Å².